The predicted molar refractivity (Wildman–Crippen MR) is 68.2 cm³/mol. The number of nitrogens with two attached hydrogens (primary N) is 1. The van der Waals surface area contributed by atoms with Crippen LogP contribution in [0.1, 0.15) is 30.7 Å². The van der Waals surface area contributed by atoms with Gasteiger partial charge in [0.15, 0.2) is 5.65 Å². The van der Waals surface area contributed by atoms with Crippen molar-refractivity contribution in [1.82, 2.24) is 14.6 Å². The van der Waals surface area contributed by atoms with E-state index >= 15 is 0 Å². The number of aromatic nitrogens is 3. The van der Waals surface area contributed by atoms with Crippen molar-refractivity contribution < 1.29 is 4.74 Å². The fourth-order valence-corrected chi connectivity index (χ4v) is 2.41. The second-order valence-corrected chi connectivity index (χ2v) is 4.78. The van der Waals surface area contributed by atoms with E-state index in [0.717, 1.165) is 36.5 Å². The van der Waals surface area contributed by atoms with Gasteiger partial charge in [-0.05, 0) is 30.9 Å². The van der Waals surface area contributed by atoms with E-state index in [1.54, 1.807) is 0 Å². The third-order valence-electron chi connectivity index (χ3n) is 3.45. The van der Waals surface area contributed by atoms with Crippen LogP contribution in [0.4, 0.5) is 0 Å². The van der Waals surface area contributed by atoms with Gasteiger partial charge >= 0.3 is 0 Å². The monoisotopic (exact) mass is 246 g/mol. The van der Waals surface area contributed by atoms with Crippen LogP contribution in [-0.4, -0.2) is 27.3 Å². The molecule has 0 radical (unpaired) electrons. The summed E-state index contributed by atoms with van der Waals surface area (Å²) in [7, 11) is 0. The lowest BCUT2D eigenvalue weighted by Gasteiger charge is -2.21. The molecule has 3 rings (SSSR count). The van der Waals surface area contributed by atoms with Gasteiger partial charge in [0.25, 0.3) is 0 Å². The summed E-state index contributed by atoms with van der Waals surface area (Å²) in [5.41, 5.74) is 7.63. The highest BCUT2D eigenvalue weighted by atomic mass is 16.5. The predicted octanol–water partition coefficient (Wildman–Crippen LogP) is 1.30. The molecule has 1 atom stereocenters. The number of fused-ring (bicyclic) bond motifs is 1. The molecule has 5 nitrogen and oxygen atoms in total. The zero-order valence-corrected chi connectivity index (χ0v) is 10.4. The van der Waals surface area contributed by atoms with Crippen LogP contribution < -0.4 is 5.73 Å². The summed E-state index contributed by atoms with van der Waals surface area (Å²) in [6.07, 6.45) is 6.67. The molecule has 96 valence electrons. The Morgan fingerprint density at radius 3 is 3.06 bits per heavy atom. The van der Waals surface area contributed by atoms with Crippen molar-refractivity contribution in [3.63, 3.8) is 0 Å². The summed E-state index contributed by atoms with van der Waals surface area (Å²) in [4.78, 5) is 0. The Morgan fingerprint density at radius 2 is 2.28 bits per heavy atom. The van der Waals surface area contributed by atoms with Gasteiger partial charge in [-0.25, -0.2) is 0 Å². The summed E-state index contributed by atoms with van der Waals surface area (Å²) < 4.78 is 7.78. The van der Waals surface area contributed by atoms with Crippen LogP contribution in [0.25, 0.3) is 5.65 Å². The second-order valence-electron chi connectivity index (χ2n) is 4.78. The molecule has 0 amide bonds. The van der Waals surface area contributed by atoms with Crippen LogP contribution in [0.5, 0.6) is 0 Å². The molecule has 0 aromatic carbocycles. The lowest BCUT2D eigenvalue weighted by Crippen LogP contribution is -2.22. The van der Waals surface area contributed by atoms with Crippen molar-refractivity contribution in [1.29, 1.82) is 0 Å². The fourth-order valence-electron chi connectivity index (χ4n) is 2.41. The lowest BCUT2D eigenvalue weighted by molar-refractivity contribution is 0.0155. The highest BCUT2D eigenvalue weighted by Gasteiger charge is 2.17. The van der Waals surface area contributed by atoms with E-state index in [-0.39, 0.29) is 6.10 Å². The van der Waals surface area contributed by atoms with E-state index in [2.05, 4.69) is 10.2 Å². The molecular formula is C13H18N4O. The summed E-state index contributed by atoms with van der Waals surface area (Å²) in [6.45, 7) is 1.41. The Labute approximate surface area is 106 Å². The van der Waals surface area contributed by atoms with Gasteiger partial charge in [0.05, 0.1) is 6.10 Å². The van der Waals surface area contributed by atoms with E-state index < -0.39 is 0 Å². The first-order valence-corrected chi connectivity index (χ1v) is 6.51. The Kier molecular flexibility index (Phi) is 3.25. The van der Waals surface area contributed by atoms with Crippen molar-refractivity contribution in [3.8, 4) is 0 Å². The Bertz CT molecular complexity index is 531. The molecule has 1 fully saturated rings. The normalized spacial score (nSPS) is 20.4. The molecule has 1 unspecified atom stereocenters. The molecule has 1 aliphatic rings. The Hall–Kier alpha value is -1.46. The zero-order valence-electron chi connectivity index (χ0n) is 10.4. The molecule has 0 aliphatic carbocycles. The molecule has 2 aromatic rings. The number of hydrogen-bond acceptors (Lipinski definition) is 4. The molecule has 0 bridgehead atoms. The zero-order chi connectivity index (χ0) is 12.4. The first-order chi connectivity index (χ1) is 8.86. The third-order valence-corrected chi connectivity index (χ3v) is 3.45. The number of pyridine rings is 1. The third kappa shape index (κ3) is 2.23. The van der Waals surface area contributed by atoms with Gasteiger partial charge in [0.2, 0.25) is 0 Å². The standard InChI is InChI=1S/C13H18N4O/c14-8-10-4-5-12-15-16-13(17(12)9-10)7-11-3-1-2-6-18-11/h4-5,9,11H,1-3,6-8,14H2. The molecule has 1 aliphatic heterocycles. The maximum absolute atomic E-state index is 5.75. The molecule has 2 N–H and O–H groups in total. The van der Waals surface area contributed by atoms with Gasteiger partial charge in [-0.2, -0.15) is 0 Å². The molecule has 18 heavy (non-hydrogen) atoms. The smallest absolute Gasteiger partial charge is 0.160 e. The van der Waals surface area contributed by atoms with E-state index in [1.807, 2.05) is 22.7 Å². The largest absolute Gasteiger partial charge is 0.378 e. The quantitative estimate of drug-likeness (QED) is 0.886. The minimum absolute atomic E-state index is 0.285. The molecule has 2 aromatic heterocycles. The maximum atomic E-state index is 5.75. The highest BCUT2D eigenvalue weighted by molar-refractivity contribution is 5.39. The molecule has 1 saturated heterocycles. The van der Waals surface area contributed by atoms with Gasteiger partial charge in [0.1, 0.15) is 5.82 Å². The molecular weight excluding hydrogens is 228 g/mol. The van der Waals surface area contributed by atoms with Crippen molar-refractivity contribution in [2.45, 2.75) is 38.3 Å². The molecule has 0 saturated carbocycles. The van der Waals surface area contributed by atoms with Gasteiger partial charge in [-0.1, -0.05) is 6.07 Å². The van der Waals surface area contributed by atoms with Gasteiger partial charge < -0.3 is 10.5 Å². The second kappa shape index (κ2) is 5.04. The topological polar surface area (TPSA) is 65.4 Å². The Morgan fingerprint density at radius 1 is 1.33 bits per heavy atom. The number of rotatable bonds is 3. The summed E-state index contributed by atoms with van der Waals surface area (Å²) in [5, 5.41) is 8.43. The van der Waals surface area contributed by atoms with E-state index in [1.165, 1.54) is 12.8 Å². The molecule has 3 heterocycles. The minimum atomic E-state index is 0.285. The first-order valence-electron chi connectivity index (χ1n) is 6.51. The van der Waals surface area contributed by atoms with E-state index in [0.29, 0.717) is 6.54 Å². The summed E-state index contributed by atoms with van der Waals surface area (Å²) in [5.74, 6) is 0.965. The molecule has 0 spiro atoms. The number of ether oxygens (including phenoxy) is 1. The van der Waals surface area contributed by atoms with Crippen LogP contribution in [0, 0.1) is 0 Å². The lowest BCUT2D eigenvalue weighted by atomic mass is 10.1. The van der Waals surface area contributed by atoms with E-state index in [9.17, 15) is 0 Å². The summed E-state index contributed by atoms with van der Waals surface area (Å²) in [6, 6.07) is 3.95. The van der Waals surface area contributed by atoms with Crippen LogP contribution in [0.3, 0.4) is 0 Å². The average Bonchev–Trinajstić information content (AvgIpc) is 2.82. The SMILES string of the molecule is NCc1ccc2nnc(CC3CCCCO3)n2c1. The van der Waals surface area contributed by atoms with Crippen molar-refractivity contribution in [2.75, 3.05) is 6.61 Å². The van der Waals surface area contributed by atoms with Crippen LogP contribution in [0.2, 0.25) is 0 Å². The maximum Gasteiger partial charge on any atom is 0.160 e. The van der Waals surface area contributed by atoms with Crippen LogP contribution >= 0.6 is 0 Å². The Balaban J connectivity index is 1.86. The van der Waals surface area contributed by atoms with Crippen molar-refractivity contribution in [2.24, 2.45) is 5.73 Å². The van der Waals surface area contributed by atoms with E-state index in [4.69, 9.17) is 10.5 Å². The van der Waals surface area contributed by atoms with Crippen molar-refractivity contribution >= 4 is 5.65 Å². The average molecular weight is 246 g/mol. The highest BCUT2D eigenvalue weighted by Crippen LogP contribution is 2.17. The fraction of sp³-hybridized carbons (Fsp3) is 0.538. The van der Waals surface area contributed by atoms with Crippen LogP contribution in [0.15, 0.2) is 18.3 Å². The van der Waals surface area contributed by atoms with Crippen LogP contribution in [-0.2, 0) is 17.7 Å². The molecule has 5 heteroatoms. The minimum Gasteiger partial charge on any atom is -0.378 e. The van der Waals surface area contributed by atoms with Crippen molar-refractivity contribution in [3.05, 3.63) is 29.7 Å². The van der Waals surface area contributed by atoms with Gasteiger partial charge in [-0.15, -0.1) is 10.2 Å². The number of hydrogen-bond donors (Lipinski definition) is 1. The summed E-state index contributed by atoms with van der Waals surface area (Å²) >= 11 is 0. The number of nitrogens with zero attached hydrogens (tertiary/aromatic N) is 3. The van der Waals surface area contributed by atoms with Gasteiger partial charge in [-0.3, -0.25) is 4.40 Å². The van der Waals surface area contributed by atoms with Gasteiger partial charge in [0, 0.05) is 25.8 Å². The first kappa shape index (κ1) is 11.6.